The molecular weight excluding hydrogens is 192 g/mol. The van der Waals surface area contributed by atoms with Crippen molar-refractivity contribution in [3.05, 3.63) is 84.4 Å². The zero-order chi connectivity index (χ0) is 11.2. The number of hydrogen-bond acceptors (Lipinski definition) is 0. The summed E-state index contributed by atoms with van der Waals surface area (Å²) < 4.78 is 0. The standard InChI is InChI=1S/C16H14/c1-14(16-10-6-3-7-11-16)12-13-15-8-4-2-5-9-15/h2-13H,1H2/b13-12+. The fourth-order valence-electron chi connectivity index (χ4n) is 1.51. The van der Waals surface area contributed by atoms with Gasteiger partial charge in [-0.2, -0.15) is 0 Å². The number of hydrogen-bond donors (Lipinski definition) is 0. The fourth-order valence-corrected chi connectivity index (χ4v) is 1.51. The molecule has 0 amide bonds. The Hall–Kier alpha value is -2.08. The van der Waals surface area contributed by atoms with Crippen LogP contribution in [0, 0.1) is 0 Å². The number of allylic oxidation sites excluding steroid dienone is 2. The van der Waals surface area contributed by atoms with Gasteiger partial charge in [0, 0.05) is 0 Å². The van der Waals surface area contributed by atoms with Gasteiger partial charge in [0.1, 0.15) is 0 Å². The van der Waals surface area contributed by atoms with E-state index in [1.54, 1.807) is 0 Å². The van der Waals surface area contributed by atoms with Crippen LogP contribution in [0.3, 0.4) is 0 Å². The molecule has 0 aromatic heterocycles. The molecule has 0 radical (unpaired) electrons. The van der Waals surface area contributed by atoms with Crippen LogP contribution in [0.5, 0.6) is 0 Å². The van der Waals surface area contributed by atoms with E-state index < -0.39 is 0 Å². The van der Waals surface area contributed by atoms with E-state index in [0.717, 1.165) is 11.1 Å². The Morgan fingerprint density at radius 2 is 1.38 bits per heavy atom. The van der Waals surface area contributed by atoms with Crippen molar-refractivity contribution in [2.75, 3.05) is 0 Å². The van der Waals surface area contributed by atoms with Gasteiger partial charge < -0.3 is 0 Å². The van der Waals surface area contributed by atoms with E-state index in [2.05, 4.69) is 36.9 Å². The van der Waals surface area contributed by atoms with Crippen LogP contribution >= 0.6 is 0 Å². The molecule has 0 aliphatic heterocycles. The van der Waals surface area contributed by atoms with Crippen molar-refractivity contribution < 1.29 is 0 Å². The maximum Gasteiger partial charge on any atom is -0.0190 e. The molecule has 0 atom stereocenters. The van der Waals surface area contributed by atoms with Crippen molar-refractivity contribution in [3.63, 3.8) is 0 Å². The number of rotatable bonds is 3. The average Bonchev–Trinajstić information content (AvgIpc) is 2.38. The Balaban J connectivity index is 2.12. The lowest BCUT2D eigenvalue weighted by atomic mass is 10.1. The molecule has 16 heavy (non-hydrogen) atoms. The minimum atomic E-state index is 1.03. The third-order valence-corrected chi connectivity index (χ3v) is 2.42. The summed E-state index contributed by atoms with van der Waals surface area (Å²) in [6, 6.07) is 20.4. The molecule has 0 nitrogen and oxygen atoms in total. The summed E-state index contributed by atoms with van der Waals surface area (Å²) in [5.74, 6) is 0. The molecule has 2 aromatic rings. The second-order valence-electron chi connectivity index (χ2n) is 3.64. The lowest BCUT2D eigenvalue weighted by Gasteiger charge is -1.99. The van der Waals surface area contributed by atoms with Crippen LogP contribution in [0.2, 0.25) is 0 Å². The first kappa shape index (κ1) is 10.4. The average molecular weight is 206 g/mol. The molecule has 0 heterocycles. The summed E-state index contributed by atoms with van der Waals surface area (Å²) in [4.78, 5) is 0. The Morgan fingerprint density at radius 3 is 2.00 bits per heavy atom. The summed E-state index contributed by atoms with van der Waals surface area (Å²) in [6.07, 6.45) is 4.12. The van der Waals surface area contributed by atoms with Gasteiger partial charge in [0.05, 0.1) is 0 Å². The van der Waals surface area contributed by atoms with Crippen LogP contribution in [0.1, 0.15) is 11.1 Å². The zero-order valence-electron chi connectivity index (χ0n) is 9.14. The molecule has 0 fully saturated rings. The second-order valence-corrected chi connectivity index (χ2v) is 3.64. The van der Waals surface area contributed by atoms with Crippen LogP contribution < -0.4 is 0 Å². The fraction of sp³-hybridized carbons (Fsp3) is 0. The van der Waals surface area contributed by atoms with Crippen LogP contribution in [0.25, 0.3) is 11.6 Å². The summed E-state index contributed by atoms with van der Waals surface area (Å²) in [5.41, 5.74) is 3.39. The molecule has 0 N–H and O–H groups in total. The van der Waals surface area contributed by atoms with Crippen molar-refractivity contribution in [2.24, 2.45) is 0 Å². The summed E-state index contributed by atoms with van der Waals surface area (Å²) >= 11 is 0. The van der Waals surface area contributed by atoms with Crippen LogP contribution in [0.4, 0.5) is 0 Å². The normalized spacial score (nSPS) is 10.5. The van der Waals surface area contributed by atoms with E-state index in [0.29, 0.717) is 0 Å². The van der Waals surface area contributed by atoms with Crippen molar-refractivity contribution in [3.8, 4) is 0 Å². The van der Waals surface area contributed by atoms with Crippen LogP contribution in [-0.2, 0) is 0 Å². The Morgan fingerprint density at radius 1 is 0.812 bits per heavy atom. The summed E-state index contributed by atoms with van der Waals surface area (Å²) in [7, 11) is 0. The maximum absolute atomic E-state index is 4.05. The van der Waals surface area contributed by atoms with Crippen molar-refractivity contribution in [1.29, 1.82) is 0 Å². The highest BCUT2D eigenvalue weighted by Crippen LogP contribution is 2.14. The van der Waals surface area contributed by atoms with Gasteiger partial charge in [-0.25, -0.2) is 0 Å². The van der Waals surface area contributed by atoms with Gasteiger partial charge in [0.25, 0.3) is 0 Å². The molecule has 0 spiro atoms. The quantitative estimate of drug-likeness (QED) is 0.652. The van der Waals surface area contributed by atoms with Gasteiger partial charge in [-0.15, -0.1) is 0 Å². The first-order valence-electron chi connectivity index (χ1n) is 5.34. The molecule has 2 aromatic carbocycles. The van der Waals surface area contributed by atoms with E-state index in [-0.39, 0.29) is 0 Å². The maximum atomic E-state index is 4.05. The van der Waals surface area contributed by atoms with E-state index >= 15 is 0 Å². The van der Waals surface area contributed by atoms with Gasteiger partial charge in [-0.3, -0.25) is 0 Å². The SMILES string of the molecule is C=C(/C=C/c1ccccc1)c1ccccc1. The molecule has 0 bridgehead atoms. The minimum absolute atomic E-state index is 1.03. The van der Waals surface area contributed by atoms with Gasteiger partial charge in [0.2, 0.25) is 0 Å². The summed E-state index contributed by atoms with van der Waals surface area (Å²) in [5, 5.41) is 0. The van der Waals surface area contributed by atoms with Crippen molar-refractivity contribution in [2.45, 2.75) is 0 Å². The van der Waals surface area contributed by atoms with Gasteiger partial charge in [-0.05, 0) is 16.7 Å². The van der Waals surface area contributed by atoms with Gasteiger partial charge in [-0.1, -0.05) is 79.4 Å². The van der Waals surface area contributed by atoms with E-state index in [9.17, 15) is 0 Å². The Labute approximate surface area is 96.6 Å². The molecule has 0 saturated carbocycles. The van der Waals surface area contributed by atoms with Crippen LogP contribution in [-0.4, -0.2) is 0 Å². The minimum Gasteiger partial charge on any atom is -0.0912 e. The smallest absolute Gasteiger partial charge is 0.0190 e. The molecule has 2 rings (SSSR count). The first-order chi connectivity index (χ1) is 7.86. The van der Waals surface area contributed by atoms with Gasteiger partial charge >= 0.3 is 0 Å². The zero-order valence-corrected chi connectivity index (χ0v) is 9.14. The molecule has 0 aliphatic carbocycles. The monoisotopic (exact) mass is 206 g/mol. The Bertz CT molecular complexity index is 478. The van der Waals surface area contributed by atoms with Crippen LogP contribution in [0.15, 0.2) is 73.3 Å². The molecular formula is C16H14. The van der Waals surface area contributed by atoms with E-state index in [1.807, 2.05) is 42.5 Å². The molecule has 0 heteroatoms. The highest BCUT2D eigenvalue weighted by atomic mass is 14.0. The predicted molar refractivity (Wildman–Crippen MR) is 71.0 cm³/mol. The third kappa shape index (κ3) is 2.71. The number of benzene rings is 2. The predicted octanol–water partition coefficient (Wildman–Crippen LogP) is 4.41. The first-order valence-corrected chi connectivity index (χ1v) is 5.34. The largest absolute Gasteiger partial charge is 0.0912 e. The van der Waals surface area contributed by atoms with Crippen molar-refractivity contribution >= 4 is 11.6 Å². The lowest BCUT2D eigenvalue weighted by Crippen LogP contribution is -1.77. The lowest BCUT2D eigenvalue weighted by molar-refractivity contribution is 1.62. The van der Waals surface area contributed by atoms with Crippen molar-refractivity contribution in [1.82, 2.24) is 0 Å². The molecule has 0 unspecified atom stereocenters. The van der Waals surface area contributed by atoms with Gasteiger partial charge in [0.15, 0.2) is 0 Å². The Kier molecular flexibility index (Phi) is 3.35. The topological polar surface area (TPSA) is 0 Å². The third-order valence-electron chi connectivity index (χ3n) is 2.42. The highest BCUT2D eigenvalue weighted by molar-refractivity contribution is 5.77. The summed E-state index contributed by atoms with van der Waals surface area (Å²) in [6.45, 7) is 4.05. The second kappa shape index (κ2) is 5.13. The van der Waals surface area contributed by atoms with E-state index in [4.69, 9.17) is 0 Å². The molecule has 78 valence electrons. The van der Waals surface area contributed by atoms with E-state index in [1.165, 1.54) is 5.56 Å². The molecule has 0 aliphatic rings. The molecule has 0 saturated heterocycles. The highest BCUT2D eigenvalue weighted by Gasteiger charge is 1.92.